The zero-order chi connectivity index (χ0) is 28.3. The monoisotopic (exact) mass is 672 g/mol. The number of hydrogen-bond donors (Lipinski definition) is 2. The molecule has 1 heterocycles. The van der Waals surface area contributed by atoms with Crippen molar-refractivity contribution in [1.82, 2.24) is 5.32 Å². The number of nitrogens with zero attached hydrogens (tertiary/aromatic N) is 4. The van der Waals surface area contributed by atoms with Gasteiger partial charge in [0.1, 0.15) is 6.04 Å². The van der Waals surface area contributed by atoms with E-state index >= 15 is 0 Å². The summed E-state index contributed by atoms with van der Waals surface area (Å²) in [5, 5.41) is 13.8. The third-order valence-corrected chi connectivity index (χ3v) is 7.39. The number of hydrogen-bond acceptors (Lipinski definition) is 8. The molecule has 3 aromatic rings. The van der Waals surface area contributed by atoms with Crippen molar-refractivity contribution in [2.45, 2.75) is 25.8 Å². The summed E-state index contributed by atoms with van der Waals surface area (Å²) in [6, 6.07) is 20.7. The van der Waals surface area contributed by atoms with Gasteiger partial charge in [0.25, 0.3) is 0 Å². The van der Waals surface area contributed by atoms with E-state index in [4.69, 9.17) is 16.3 Å². The number of amides is 2. The number of benzene rings is 3. The molecule has 0 unspecified atom stereocenters. The number of halogens is 2. The van der Waals surface area contributed by atoms with Gasteiger partial charge in [-0.25, -0.2) is 0 Å². The molecule has 2 N–H and O–H groups in total. The maximum atomic E-state index is 13.3. The zero-order valence-electron chi connectivity index (χ0n) is 21.5. The molecule has 0 aromatic heterocycles. The smallest absolute Gasteiger partial charge is 0.310 e. The average Bonchev–Trinajstić information content (AvgIpc) is 3.48. The van der Waals surface area contributed by atoms with Crippen LogP contribution in [0.3, 0.4) is 0 Å². The summed E-state index contributed by atoms with van der Waals surface area (Å²) >= 11 is 5.41. The van der Waals surface area contributed by atoms with Crippen LogP contribution in [0.5, 0.6) is 0 Å². The SMILES string of the molecule is CCOC(=O)Cc1ccc(NC(=O)[C@H](Cc2ccccc2)NC(=O)/C=C/c2cc(Cl)ccc2N2N=NN=I2)cc1. The molecule has 3 aromatic carbocycles. The number of carbonyl (C=O) groups excluding carboxylic acids is 3. The van der Waals surface area contributed by atoms with Gasteiger partial charge in [-0.3, -0.25) is 14.4 Å². The van der Waals surface area contributed by atoms with Crippen LogP contribution in [0.15, 0.2) is 92.6 Å². The Bertz CT molecular complexity index is 1430. The van der Waals surface area contributed by atoms with Crippen LogP contribution < -0.4 is 13.9 Å². The molecule has 0 saturated heterocycles. The second kappa shape index (κ2) is 14.4. The highest BCUT2D eigenvalue weighted by Crippen LogP contribution is 2.33. The van der Waals surface area contributed by atoms with Crippen LogP contribution in [0.25, 0.3) is 6.08 Å². The molecule has 10 nitrogen and oxygen atoms in total. The van der Waals surface area contributed by atoms with E-state index in [9.17, 15) is 14.4 Å². The molecule has 0 radical (unpaired) electrons. The molecule has 0 saturated carbocycles. The molecule has 0 bridgehead atoms. The fourth-order valence-electron chi connectivity index (χ4n) is 3.79. The van der Waals surface area contributed by atoms with E-state index in [-0.39, 0.29) is 24.7 Å². The largest absolute Gasteiger partial charge is 0.466 e. The summed E-state index contributed by atoms with van der Waals surface area (Å²) in [5.74, 6) is -1.14. The van der Waals surface area contributed by atoms with Gasteiger partial charge in [-0.1, -0.05) is 57.3 Å². The summed E-state index contributed by atoms with van der Waals surface area (Å²) in [7, 11) is 0. The summed E-state index contributed by atoms with van der Waals surface area (Å²) in [6.45, 7) is 2.07. The number of anilines is 2. The van der Waals surface area contributed by atoms with Gasteiger partial charge in [-0.15, -0.1) is 0 Å². The second-order valence-electron chi connectivity index (χ2n) is 8.55. The van der Waals surface area contributed by atoms with E-state index in [1.807, 2.05) is 30.3 Å². The third kappa shape index (κ3) is 8.52. The Hall–Kier alpha value is -3.97. The van der Waals surface area contributed by atoms with Gasteiger partial charge in [-0.2, -0.15) is 3.22 Å². The third-order valence-electron chi connectivity index (χ3n) is 5.65. The standard InChI is InChI=1S/C28H26ClIN6O4/c1-2-40-27(38)17-20-8-12-23(13-9-20)31-28(39)24(16-19-6-4-3-5-7-19)32-26(37)15-10-21-18-22(29)11-14-25(21)36-30-33-34-35-36/h3-15,18,24H,2,16-17H2,1H3,(H,31,39)(H,32,37)/b15-10+/t24-/m0/s1. The van der Waals surface area contributed by atoms with Crippen molar-refractivity contribution in [1.29, 1.82) is 0 Å². The fraction of sp³-hybridized carbons (Fsp3) is 0.179. The van der Waals surface area contributed by atoms with Crippen LogP contribution in [0.4, 0.5) is 11.4 Å². The van der Waals surface area contributed by atoms with Crippen molar-refractivity contribution in [3.8, 4) is 0 Å². The van der Waals surface area contributed by atoms with Gasteiger partial charge in [0.2, 0.25) is 11.8 Å². The molecule has 0 spiro atoms. The maximum Gasteiger partial charge on any atom is 0.310 e. The summed E-state index contributed by atoms with van der Waals surface area (Å²) in [4.78, 5) is 38.0. The minimum atomic E-state index is -0.852. The highest BCUT2D eigenvalue weighted by atomic mass is 127. The van der Waals surface area contributed by atoms with Crippen LogP contribution in [-0.2, 0) is 32.0 Å². The van der Waals surface area contributed by atoms with Crippen LogP contribution in [0, 0.1) is 0 Å². The fourth-order valence-corrected chi connectivity index (χ4v) is 5.17. The topological polar surface area (TPSA) is 125 Å². The summed E-state index contributed by atoms with van der Waals surface area (Å²) in [6.07, 6.45) is 3.41. The van der Waals surface area contributed by atoms with Crippen molar-refractivity contribution in [2.75, 3.05) is 15.1 Å². The number of ether oxygens (including phenoxy) is 1. The maximum absolute atomic E-state index is 13.3. The molecule has 1 aliphatic heterocycles. The van der Waals surface area contributed by atoms with Gasteiger partial charge in [0, 0.05) is 28.8 Å². The van der Waals surface area contributed by atoms with E-state index in [1.165, 1.54) is 6.08 Å². The summed E-state index contributed by atoms with van der Waals surface area (Å²) in [5.41, 5.74) is 3.60. The van der Waals surface area contributed by atoms with E-state index in [0.717, 1.165) is 16.8 Å². The van der Waals surface area contributed by atoms with E-state index in [0.29, 0.717) is 22.9 Å². The Morgan fingerprint density at radius 1 is 1.05 bits per heavy atom. The van der Waals surface area contributed by atoms with Gasteiger partial charge >= 0.3 is 5.97 Å². The lowest BCUT2D eigenvalue weighted by molar-refractivity contribution is -0.142. The molecule has 0 fully saturated rings. The van der Waals surface area contributed by atoms with E-state index in [1.54, 1.807) is 58.7 Å². The van der Waals surface area contributed by atoms with Crippen LogP contribution in [0.2, 0.25) is 5.02 Å². The zero-order valence-corrected chi connectivity index (χ0v) is 24.4. The number of rotatable bonds is 11. The van der Waals surface area contributed by atoms with Crippen molar-refractivity contribution in [3.63, 3.8) is 0 Å². The Labute approximate surface area is 246 Å². The summed E-state index contributed by atoms with van der Waals surface area (Å²) < 4.78 is 10.6. The van der Waals surface area contributed by atoms with Gasteiger partial charge in [-0.05, 0) is 64.9 Å². The molecule has 1 atom stereocenters. The van der Waals surface area contributed by atoms with Gasteiger partial charge in [0.15, 0.2) is 21.3 Å². The lowest BCUT2D eigenvalue weighted by Crippen LogP contribution is -2.44. The molecule has 4 rings (SSSR count). The minimum absolute atomic E-state index is 0.145. The Morgan fingerprint density at radius 2 is 1.82 bits per heavy atom. The number of nitrogens with one attached hydrogen (secondary N) is 2. The normalized spacial score (nSPS) is 13.1. The first-order valence-corrected chi connectivity index (χ1v) is 14.6. The average molecular weight is 673 g/mol. The predicted molar refractivity (Wildman–Crippen MR) is 162 cm³/mol. The Balaban J connectivity index is 1.46. The van der Waals surface area contributed by atoms with Gasteiger partial charge in [0.05, 0.1) is 18.7 Å². The molecule has 2 amide bonds. The lowest BCUT2D eigenvalue weighted by Gasteiger charge is -2.18. The molecular weight excluding hydrogens is 647 g/mol. The first-order chi connectivity index (χ1) is 19.4. The first kappa shape index (κ1) is 29.0. The van der Waals surface area contributed by atoms with Crippen LogP contribution in [0.1, 0.15) is 23.6 Å². The van der Waals surface area contributed by atoms with Crippen molar-refractivity contribution in [2.24, 2.45) is 13.7 Å². The number of carbonyl (C=O) groups is 3. The lowest BCUT2D eigenvalue weighted by atomic mass is 10.0. The molecule has 0 aliphatic carbocycles. The van der Waals surface area contributed by atoms with Crippen LogP contribution >= 0.6 is 32.9 Å². The van der Waals surface area contributed by atoms with E-state index < -0.39 is 33.3 Å². The van der Waals surface area contributed by atoms with Crippen molar-refractivity contribution in [3.05, 3.63) is 101 Å². The first-order valence-electron chi connectivity index (χ1n) is 12.3. The quantitative estimate of drug-likeness (QED) is 0.112. The Kier molecular flexibility index (Phi) is 10.5. The highest BCUT2D eigenvalue weighted by molar-refractivity contribution is 14.2. The van der Waals surface area contributed by atoms with E-state index in [2.05, 4.69) is 24.3 Å². The predicted octanol–water partition coefficient (Wildman–Crippen LogP) is 6.00. The van der Waals surface area contributed by atoms with Crippen molar-refractivity contribution >= 4 is 68.1 Å². The molecule has 1 aliphatic rings. The van der Waals surface area contributed by atoms with Gasteiger partial charge < -0.3 is 15.4 Å². The second-order valence-corrected chi connectivity index (χ2v) is 10.8. The molecule has 40 heavy (non-hydrogen) atoms. The van der Waals surface area contributed by atoms with Crippen molar-refractivity contribution < 1.29 is 19.1 Å². The molecular formula is C28H26ClIN6O4. The molecule has 206 valence electrons. The highest BCUT2D eigenvalue weighted by Gasteiger charge is 2.21. The minimum Gasteiger partial charge on any atom is -0.466 e. The Morgan fingerprint density at radius 3 is 2.52 bits per heavy atom. The molecule has 12 heteroatoms. The number of esters is 1. The van der Waals surface area contributed by atoms with Crippen LogP contribution in [-0.4, -0.2) is 30.4 Å².